The summed E-state index contributed by atoms with van der Waals surface area (Å²) in [5.41, 5.74) is 1.71. The van der Waals surface area contributed by atoms with E-state index in [0.29, 0.717) is 5.92 Å². The minimum atomic E-state index is -0.0332. The van der Waals surface area contributed by atoms with Crippen LogP contribution in [0.1, 0.15) is 58.5 Å². The van der Waals surface area contributed by atoms with Gasteiger partial charge in [0.05, 0.1) is 24.2 Å². The first-order valence-electron chi connectivity index (χ1n) is 7.24. The highest BCUT2D eigenvalue weighted by Crippen LogP contribution is 2.22. The second kappa shape index (κ2) is 7.43. The lowest BCUT2D eigenvalue weighted by Crippen LogP contribution is -2.29. The maximum absolute atomic E-state index is 9.54. The van der Waals surface area contributed by atoms with E-state index in [1.165, 1.54) is 0 Å². The normalized spacial score (nSPS) is 12.8. The van der Waals surface area contributed by atoms with Crippen molar-refractivity contribution in [3.63, 3.8) is 0 Å². The van der Waals surface area contributed by atoms with E-state index >= 15 is 0 Å². The first kappa shape index (κ1) is 15.9. The summed E-state index contributed by atoms with van der Waals surface area (Å²) in [5, 5.41) is 9.54. The Morgan fingerprint density at radius 3 is 2.42 bits per heavy atom. The number of aliphatic hydroxyl groups is 1. The predicted octanol–water partition coefficient (Wildman–Crippen LogP) is 2.96. The summed E-state index contributed by atoms with van der Waals surface area (Å²) >= 11 is 0. The Hall–Kier alpha value is -1.16. The highest BCUT2D eigenvalue weighted by atomic mass is 16.3. The van der Waals surface area contributed by atoms with Crippen LogP contribution >= 0.6 is 0 Å². The Balaban J connectivity index is 3.02. The zero-order valence-electron chi connectivity index (χ0n) is 12.8. The predicted molar refractivity (Wildman–Crippen MR) is 79.4 cm³/mol. The molecule has 0 saturated carbocycles. The van der Waals surface area contributed by atoms with Gasteiger partial charge < -0.3 is 10.0 Å². The molecule has 0 amide bonds. The molecule has 1 aromatic heterocycles. The van der Waals surface area contributed by atoms with Crippen molar-refractivity contribution in [2.75, 3.05) is 18.0 Å². The molecule has 0 saturated heterocycles. The van der Waals surface area contributed by atoms with Crippen LogP contribution in [0.2, 0.25) is 0 Å². The highest BCUT2D eigenvalue weighted by molar-refractivity contribution is 5.49. The van der Waals surface area contributed by atoms with Crippen molar-refractivity contribution in [1.29, 1.82) is 0 Å². The van der Waals surface area contributed by atoms with Gasteiger partial charge in [-0.15, -0.1) is 0 Å². The van der Waals surface area contributed by atoms with Crippen LogP contribution in [0.25, 0.3) is 0 Å². The second-order valence-electron chi connectivity index (χ2n) is 5.43. The Morgan fingerprint density at radius 1 is 1.26 bits per heavy atom. The van der Waals surface area contributed by atoms with Crippen molar-refractivity contribution < 1.29 is 5.11 Å². The average Bonchev–Trinajstić information content (AvgIpc) is 2.43. The van der Waals surface area contributed by atoms with Crippen LogP contribution in [0.3, 0.4) is 0 Å². The van der Waals surface area contributed by atoms with Crippen molar-refractivity contribution in [3.8, 4) is 0 Å². The van der Waals surface area contributed by atoms with Crippen molar-refractivity contribution in [2.24, 2.45) is 5.92 Å². The average molecular weight is 265 g/mol. The van der Waals surface area contributed by atoms with Gasteiger partial charge in [-0.25, -0.2) is 9.97 Å². The third-order valence-electron chi connectivity index (χ3n) is 3.48. The summed E-state index contributed by atoms with van der Waals surface area (Å²) in [5.74, 6) is 1.70. The molecule has 0 fully saturated rings. The molecule has 0 radical (unpaired) electrons. The molecule has 0 bridgehead atoms. The maximum Gasteiger partial charge on any atom is 0.131 e. The molecule has 0 spiro atoms. The van der Waals surface area contributed by atoms with E-state index in [9.17, 15) is 5.11 Å². The Morgan fingerprint density at radius 2 is 1.95 bits per heavy atom. The number of nitrogens with zero attached hydrogens (tertiary/aromatic N) is 3. The summed E-state index contributed by atoms with van der Waals surface area (Å²) in [6.45, 7) is 12.5. The van der Waals surface area contributed by atoms with E-state index in [1.54, 1.807) is 0 Å². The smallest absolute Gasteiger partial charge is 0.131 e. The molecule has 1 unspecified atom stereocenters. The SMILES string of the molecule is CCC(C)CN(CC)c1cnc(C(C)C)nc1CO. The molecule has 19 heavy (non-hydrogen) atoms. The van der Waals surface area contributed by atoms with Crippen LogP contribution in [0.5, 0.6) is 0 Å². The van der Waals surface area contributed by atoms with Crippen molar-refractivity contribution >= 4 is 5.69 Å². The largest absolute Gasteiger partial charge is 0.390 e. The molecule has 4 nitrogen and oxygen atoms in total. The van der Waals surface area contributed by atoms with Crippen LogP contribution < -0.4 is 4.90 Å². The van der Waals surface area contributed by atoms with E-state index in [2.05, 4.69) is 49.5 Å². The van der Waals surface area contributed by atoms with Gasteiger partial charge >= 0.3 is 0 Å². The fraction of sp³-hybridized carbons (Fsp3) is 0.733. The number of hydrogen-bond donors (Lipinski definition) is 1. The highest BCUT2D eigenvalue weighted by Gasteiger charge is 2.15. The van der Waals surface area contributed by atoms with Crippen LogP contribution in [0, 0.1) is 5.92 Å². The third-order valence-corrected chi connectivity index (χ3v) is 3.48. The van der Waals surface area contributed by atoms with Gasteiger partial charge in [-0.3, -0.25) is 0 Å². The van der Waals surface area contributed by atoms with Gasteiger partial charge in [-0.1, -0.05) is 34.1 Å². The van der Waals surface area contributed by atoms with Crippen molar-refractivity contribution in [3.05, 3.63) is 17.7 Å². The van der Waals surface area contributed by atoms with Gasteiger partial charge in [0, 0.05) is 19.0 Å². The third kappa shape index (κ3) is 4.16. The summed E-state index contributed by atoms with van der Waals surface area (Å²) in [7, 11) is 0. The maximum atomic E-state index is 9.54. The molecule has 1 rings (SSSR count). The lowest BCUT2D eigenvalue weighted by Gasteiger charge is -2.27. The first-order chi connectivity index (χ1) is 9.03. The molecule has 108 valence electrons. The minimum absolute atomic E-state index is 0.0332. The Labute approximate surface area is 116 Å². The van der Waals surface area contributed by atoms with E-state index in [4.69, 9.17) is 0 Å². The van der Waals surface area contributed by atoms with E-state index in [-0.39, 0.29) is 12.5 Å². The van der Waals surface area contributed by atoms with Crippen LogP contribution in [0.15, 0.2) is 6.20 Å². The zero-order valence-corrected chi connectivity index (χ0v) is 12.8. The fourth-order valence-electron chi connectivity index (χ4n) is 1.99. The number of hydrogen-bond acceptors (Lipinski definition) is 4. The standard InChI is InChI=1S/C15H27N3O/c1-6-12(5)9-18(7-2)14-8-16-15(11(3)4)17-13(14)10-19/h8,11-12,19H,6-7,9-10H2,1-5H3. The van der Waals surface area contributed by atoms with Gasteiger partial charge in [-0.05, 0) is 12.8 Å². The summed E-state index contributed by atoms with van der Waals surface area (Å²) in [4.78, 5) is 11.2. The number of anilines is 1. The quantitative estimate of drug-likeness (QED) is 0.823. The fourth-order valence-corrected chi connectivity index (χ4v) is 1.99. The lowest BCUT2D eigenvalue weighted by molar-refractivity contribution is 0.276. The lowest BCUT2D eigenvalue weighted by atomic mass is 10.1. The summed E-state index contributed by atoms with van der Waals surface area (Å²) < 4.78 is 0. The molecule has 0 aliphatic rings. The van der Waals surface area contributed by atoms with E-state index in [0.717, 1.165) is 36.7 Å². The van der Waals surface area contributed by atoms with Gasteiger partial charge in [0.1, 0.15) is 5.82 Å². The number of rotatable bonds is 7. The Bertz CT molecular complexity index is 393. The molecule has 1 N–H and O–H groups in total. The van der Waals surface area contributed by atoms with Gasteiger partial charge in [0.2, 0.25) is 0 Å². The summed E-state index contributed by atoms with van der Waals surface area (Å²) in [6, 6.07) is 0. The van der Waals surface area contributed by atoms with Crippen molar-refractivity contribution in [1.82, 2.24) is 9.97 Å². The monoisotopic (exact) mass is 265 g/mol. The molecule has 4 heteroatoms. The minimum Gasteiger partial charge on any atom is -0.390 e. The first-order valence-corrected chi connectivity index (χ1v) is 7.24. The van der Waals surface area contributed by atoms with Crippen LogP contribution in [-0.2, 0) is 6.61 Å². The van der Waals surface area contributed by atoms with Crippen molar-refractivity contribution in [2.45, 2.75) is 53.6 Å². The second-order valence-corrected chi connectivity index (χ2v) is 5.43. The van der Waals surface area contributed by atoms with Gasteiger partial charge in [0.15, 0.2) is 0 Å². The van der Waals surface area contributed by atoms with E-state index < -0.39 is 0 Å². The molecule has 1 heterocycles. The van der Waals surface area contributed by atoms with Crippen LogP contribution in [0.4, 0.5) is 5.69 Å². The molecule has 0 aliphatic heterocycles. The van der Waals surface area contributed by atoms with Crippen LogP contribution in [-0.4, -0.2) is 28.2 Å². The molecule has 1 aromatic rings. The summed E-state index contributed by atoms with van der Waals surface area (Å²) in [6.07, 6.45) is 3.01. The number of aromatic nitrogens is 2. The molecule has 0 aliphatic carbocycles. The molecular weight excluding hydrogens is 238 g/mol. The van der Waals surface area contributed by atoms with Gasteiger partial charge in [0.25, 0.3) is 0 Å². The topological polar surface area (TPSA) is 49.2 Å². The number of aliphatic hydroxyl groups excluding tert-OH is 1. The zero-order chi connectivity index (χ0) is 14.4. The van der Waals surface area contributed by atoms with E-state index in [1.807, 2.05) is 6.20 Å². The van der Waals surface area contributed by atoms with Gasteiger partial charge in [-0.2, -0.15) is 0 Å². The molecule has 0 aromatic carbocycles. The molecular formula is C15H27N3O. The molecule has 1 atom stereocenters. The Kier molecular flexibility index (Phi) is 6.22.